The predicted octanol–water partition coefficient (Wildman–Crippen LogP) is 6.68. The van der Waals surface area contributed by atoms with E-state index in [9.17, 15) is 4.79 Å². The van der Waals surface area contributed by atoms with Crippen LogP contribution in [0.1, 0.15) is 24.0 Å². The Labute approximate surface area is 206 Å². The van der Waals surface area contributed by atoms with Gasteiger partial charge in [-0.05, 0) is 86.3 Å². The van der Waals surface area contributed by atoms with Crippen LogP contribution in [0.25, 0.3) is 0 Å². The third-order valence-corrected chi connectivity index (χ3v) is 5.96. The molecular formula is C27H31Cl2N3O. The van der Waals surface area contributed by atoms with Gasteiger partial charge in [0, 0.05) is 28.8 Å². The minimum Gasteiger partial charge on any atom is -0.338 e. The van der Waals surface area contributed by atoms with Gasteiger partial charge < -0.3 is 15.5 Å². The van der Waals surface area contributed by atoms with Gasteiger partial charge in [0.2, 0.25) is 0 Å². The molecule has 0 aromatic heterocycles. The highest BCUT2D eigenvalue weighted by Crippen LogP contribution is 2.13. The van der Waals surface area contributed by atoms with Crippen LogP contribution in [-0.2, 0) is 12.8 Å². The number of hydrogen-bond acceptors (Lipinski definition) is 2. The van der Waals surface area contributed by atoms with Crippen LogP contribution in [0.15, 0.2) is 78.9 Å². The molecule has 3 rings (SSSR count). The number of benzene rings is 3. The van der Waals surface area contributed by atoms with Gasteiger partial charge in [-0.15, -0.1) is 0 Å². The maximum atomic E-state index is 12.1. The van der Waals surface area contributed by atoms with Crippen LogP contribution in [0.2, 0.25) is 10.0 Å². The number of para-hydroxylation sites is 1. The van der Waals surface area contributed by atoms with Crippen molar-refractivity contribution >= 4 is 34.9 Å². The van der Waals surface area contributed by atoms with Crippen molar-refractivity contribution in [3.05, 3.63) is 100 Å². The Morgan fingerprint density at radius 2 is 1.27 bits per heavy atom. The van der Waals surface area contributed by atoms with Gasteiger partial charge >= 0.3 is 6.03 Å². The van der Waals surface area contributed by atoms with Crippen LogP contribution in [-0.4, -0.2) is 37.1 Å². The maximum absolute atomic E-state index is 12.1. The zero-order valence-corrected chi connectivity index (χ0v) is 20.3. The molecule has 2 amide bonds. The second-order valence-electron chi connectivity index (χ2n) is 8.05. The maximum Gasteiger partial charge on any atom is 0.319 e. The molecule has 0 aliphatic carbocycles. The highest BCUT2D eigenvalue weighted by Gasteiger charge is 2.07. The van der Waals surface area contributed by atoms with E-state index in [4.69, 9.17) is 23.2 Å². The number of hydrogen-bond donors (Lipinski definition) is 2. The number of amides is 2. The van der Waals surface area contributed by atoms with Crippen molar-refractivity contribution in [2.45, 2.75) is 25.7 Å². The first kappa shape index (κ1) is 25.1. The number of nitrogens with one attached hydrogen (secondary N) is 2. The number of halogens is 2. The molecular weight excluding hydrogens is 453 g/mol. The Kier molecular flexibility index (Phi) is 10.6. The minimum absolute atomic E-state index is 0.170. The molecule has 0 spiro atoms. The lowest BCUT2D eigenvalue weighted by atomic mass is 10.1. The summed E-state index contributed by atoms with van der Waals surface area (Å²) >= 11 is 12.0. The molecule has 0 heterocycles. The zero-order valence-electron chi connectivity index (χ0n) is 18.8. The average Bonchev–Trinajstić information content (AvgIpc) is 2.82. The number of urea groups is 1. The summed E-state index contributed by atoms with van der Waals surface area (Å²) in [5.74, 6) is 0. The van der Waals surface area contributed by atoms with E-state index in [0.29, 0.717) is 6.54 Å². The van der Waals surface area contributed by atoms with E-state index in [1.165, 1.54) is 11.1 Å². The Morgan fingerprint density at radius 3 is 1.91 bits per heavy atom. The standard InChI is InChI=1S/C27H31Cl2N3O/c28-24-13-9-22(10-14-24)6-4-19-32(21-17-23-11-15-25(29)16-12-23)20-5-18-30-27(33)31-26-7-2-1-3-8-26/h1-3,7-16H,4-6,17-21H2,(H2,30,31,33). The molecule has 0 saturated heterocycles. The van der Waals surface area contributed by atoms with Gasteiger partial charge in [0.25, 0.3) is 0 Å². The van der Waals surface area contributed by atoms with Gasteiger partial charge in [-0.1, -0.05) is 65.7 Å². The molecule has 2 N–H and O–H groups in total. The largest absolute Gasteiger partial charge is 0.338 e. The van der Waals surface area contributed by atoms with Gasteiger partial charge in [0.15, 0.2) is 0 Å². The normalized spacial score (nSPS) is 10.9. The molecule has 0 unspecified atom stereocenters. The van der Waals surface area contributed by atoms with Crippen LogP contribution in [0.3, 0.4) is 0 Å². The fourth-order valence-electron chi connectivity index (χ4n) is 3.63. The number of nitrogens with zero attached hydrogens (tertiary/aromatic N) is 1. The van der Waals surface area contributed by atoms with Crippen LogP contribution < -0.4 is 10.6 Å². The number of aryl methyl sites for hydroxylation is 1. The molecule has 4 nitrogen and oxygen atoms in total. The van der Waals surface area contributed by atoms with Crippen molar-refractivity contribution in [3.8, 4) is 0 Å². The number of rotatable bonds is 12. The Hall–Kier alpha value is -2.53. The van der Waals surface area contributed by atoms with E-state index >= 15 is 0 Å². The Balaban J connectivity index is 1.43. The summed E-state index contributed by atoms with van der Waals surface area (Å²) in [5.41, 5.74) is 3.38. The van der Waals surface area contributed by atoms with Crippen LogP contribution in [0.4, 0.5) is 10.5 Å². The molecule has 0 bridgehead atoms. The topological polar surface area (TPSA) is 44.4 Å². The summed E-state index contributed by atoms with van der Waals surface area (Å²) in [6, 6.07) is 25.4. The molecule has 0 aliphatic heterocycles. The van der Waals surface area contributed by atoms with Gasteiger partial charge in [0.05, 0.1) is 0 Å². The van der Waals surface area contributed by atoms with Crippen molar-refractivity contribution < 1.29 is 4.79 Å². The van der Waals surface area contributed by atoms with E-state index in [2.05, 4.69) is 39.8 Å². The van der Waals surface area contributed by atoms with E-state index in [1.54, 1.807) is 0 Å². The highest BCUT2D eigenvalue weighted by atomic mass is 35.5. The third kappa shape index (κ3) is 9.87. The number of carbonyl (C=O) groups is 1. The van der Waals surface area contributed by atoms with Gasteiger partial charge in [-0.3, -0.25) is 0 Å². The van der Waals surface area contributed by atoms with Crippen molar-refractivity contribution in [1.29, 1.82) is 0 Å². The minimum atomic E-state index is -0.170. The number of anilines is 1. The highest BCUT2D eigenvalue weighted by molar-refractivity contribution is 6.30. The molecule has 6 heteroatoms. The summed E-state index contributed by atoms with van der Waals surface area (Å²) in [7, 11) is 0. The molecule has 174 valence electrons. The van der Waals surface area contributed by atoms with Crippen molar-refractivity contribution in [2.75, 3.05) is 31.5 Å². The van der Waals surface area contributed by atoms with Crippen LogP contribution in [0, 0.1) is 0 Å². The monoisotopic (exact) mass is 483 g/mol. The van der Waals surface area contributed by atoms with E-state index in [-0.39, 0.29) is 6.03 Å². The van der Waals surface area contributed by atoms with Crippen molar-refractivity contribution in [3.63, 3.8) is 0 Å². The zero-order chi connectivity index (χ0) is 23.3. The number of carbonyl (C=O) groups excluding carboxylic acids is 1. The Bertz CT molecular complexity index is 963. The smallest absolute Gasteiger partial charge is 0.319 e. The first-order chi connectivity index (χ1) is 16.1. The lowest BCUT2D eigenvalue weighted by molar-refractivity contribution is 0.248. The molecule has 0 saturated carbocycles. The summed E-state index contributed by atoms with van der Waals surface area (Å²) in [6.07, 6.45) is 3.96. The van der Waals surface area contributed by atoms with E-state index in [1.807, 2.05) is 54.6 Å². The second kappa shape index (κ2) is 13.9. The SMILES string of the molecule is O=C(NCCCN(CCCc1ccc(Cl)cc1)CCc1ccc(Cl)cc1)Nc1ccccc1. The molecule has 0 radical (unpaired) electrons. The second-order valence-corrected chi connectivity index (χ2v) is 8.92. The van der Waals surface area contributed by atoms with Crippen molar-refractivity contribution in [1.82, 2.24) is 10.2 Å². The third-order valence-electron chi connectivity index (χ3n) is 5.45. The van der Waals surface area contributed by atoms with E-state index < -0.39 is 0 Å². The predicted molar refractivity (Wildman–Crippen MR) is 139 cm³/mol. The molecule has 3 aromatic carbocycles. The van der Waals surface area contributed by atoms with Crippen LogP contribution >= 0.6 is 23.2 Å². The average molecular weight is 484 g/mol. The lowest BCUT2D eigenvalue weighted by Crippen LogP contribution is -2.34. The van der Waals surface area contributed by atoms with Crippen LogP contribution in [0.5, 0.6) is 0 Å². The molecule has 33 heavy (non-hydrogen) atoms. The fraction of sp³-hybridized carbons (Fsp3) is 0.296. The summed E-state index contributed by atoms with van der Waals surface area (Å²) in [6.45, 7) is 3.54. The first-order valence-corrected chi connectivity index (χ1v) is 12.2. The fourth-order valence-corrected chi connectivity index (χ4v) is 3.88. The van der Waals surface area contributed by atoms with Gasteiger partial charge in [-0.2, -0.15) is 0 Å². The molecule has 0 fully saturated rings. The summed E-state index contributed by atoms with van der Waals surface area (Å²) in [5, 5.41) is 7.34. The lowest BCUT2D eigenvalue weighted by Gasteiger charge is -2.22. The van der Waals surface area contributed by atoms with E-state index in [0.717, 1.165) is 61.1 Å². The first-order valence-electron chi connectivity index (χ1n) is 11.4. The summed E-state index contributed by atoms with van der Waals surface area (Å²) in [4.78, 5) is 14.6. The summed E-state index contributed by atoms with van der Waals surface area (Å²) < 4.78 is 0. The quantitative estimate of drug-likeness (QED) is 0.282. The van der Waals surface area contributed by atoms with Gasteiger partial charge in [0.1, 0.15) is 0 Å². The molecule has 3 aromatic rings. The molecule has 0 atom stereocenters. The Morgan fingerprint density at radius 1 is 0.697 bits per heavy atom. The molecule has 0 aliphatic rings. The van der Waals surface area contributed by atoms with Crippen molar-refractivity contribution in [2.24, 2.45) is 0 Å². The van der Waals surface area contributed by atoms with Gasteiger partial charge in [-0.25, -0.2) is 4.79 Å².